The van der Waals surface area contributed by atoms with Gasteiger partial charge in [-0.2, -0.15) is 10.4 Å². The Labute approximate surface area is 193 Å². The SMILES string of the molecule is CCOC[C@@]1(O)CC[C@H]2[C@H](CC[C@@H]3[C@@H]2CC[C@]2(C)[C@@H]([C@H](C)n4cc(C#N)cn4)CC[C@@H]32)C1. The van der Waals surface area contributed by atoms with Crippen LogP contribution in [0.4, 0.5) is 0 Å². The van der Waals surface area contributed by atoms with Crippen molar-refractivity contribution in [2.75, 3.05) is 13.2 Å². The number of aliphatic hydroxyl groups is 1. The zero-order chi connectivity index (χ0) is 22.5. The lowest BCUT2D eigenvalue weighted by Gasteiger charge is -2.57. The highest BCUT2D eigenvalue weighted by Gasteiger charge is 2.58. The first-order valence-electron chi connectivity index (χ1n) is 13.1. The van der Waals surface area contributed by atoms with E-state index in [2.05, 4.69) is 29.7 Å². The van der Waals surface area contributed by atoms with Crippen molar-refractivity contribution in [2.45, 2.75) is 90.2 Å². The summed E-state index contributed by atoms with van der Waals surface area (Å²) in [5, 5.41) is 24.8. The topological polar surface area (TPSA) is 71.1 Å². The number of aromatic nitrogens is 2. The Hall–Kier alpha value is -1.38. The summed E-state index contributed by atoms with van der Waals surface area (Å²) < 4.78 is 7.69. The van der Waals surface area contributed by atoms with E-state index < -0.39 is 5.60 Å². The molecule has 4 aliphatic rings. The van der Waals surface area contributed by atoms with Gasteiger partial charge in [-0.05, 0) is 113 Å². The molecule has 0 radical (unpaired) electrons. The highest BCUT2D eigenvalue weighted by Crippen LogP contribution is 2.66. The number of ether oxygens (including phenoxy) is 1. The van der Waals surface area contributed by atoms with Crippen molar-refractivity contribution >= 4 is 0 Å². The van der Waals surface area contributed by atoms with Crippen molar-refractivity contribution in [3.63, 3.8) is 0 Å². The number of hydrogen-bond donors (Lipinski definition) is 1. The third kappa shape index (κ3) is 3.62. The van der Waals surface area contributed by atoms with Crippen LogP contribution in [0.3, 0.4) is 0 Å². The highest BCUT2D eigenvalue weighted by molar-refractivity contribution is 5.22. The van der Waals surface area contributed by atoms with Gasteiger partial charge in [-0.25, -0.2) is 0 Å². The maximum atomic E-state index is 11.1. The Morgan fingerprint density at radius 2 is 2.00 bits per heavy atom. The van der Waals surface area contributed by atoms with Gasteiger partial charge in [0, 0.05) is 12.8 Å². The molecule has 0 amide bonds. The predicted molar refractivity (Wildman–Crippen MR) is 124 cm³/mol. The van der Waals surface area contributed by atoms with Crippen LogP contribution in [0.15, 0.2) is 12.4 Å². The monoisotopic (exact) mass is 439 g/mol. The lowest BCUT2D eigenvalue weighted by atomic mass is 9.48. The van der Waals surface area contributed by atoms with Crippen LogP contribution in [0.2, 0.25) is 0 Å². The molecule has 176 valence electrons. The van der Waals surface area contributed by atoms with E-state index in [9.17, 15) is 10.4 Å². The van der Waals surface area contributed by atoms with Crippen LogP contribution in [-0.4, -0.2) is 33.7 Å². The average Bonchev–Trinajstić information content (AvgIpc) is 3.41. The van der Waals surface area contributed by atoms with Crippen molar-refractivity contribution in [3.8, 4) is 6.07 Å². The van der Waals surface area contributed by atoms with Gasteiger partial charge >= 0.3 is 0 Å². The third-order valence-electron chi connectivity index (χ3n) is 10.5. The average molecular weight is 440 g/mol. The smallest absolute Gasteiger partial charge is 0.102 e. The van der Waals surface area contributed by atoms with Crippen molar-refractivity contribution in [2.24, 2.45) is 40.9 Å². The molecule has 1 heterocycles. The molecule has 5 rings (SSSR count). The highest BCUT2D eigenvalue weighted by atomic mass is 16.5. The molecule has 0 aliphatic heterocycles. The van der Waals surface area contributed by atoms with E-state index in [1.165, 1.54) is 44.9 Å². The summed E-state index contributed by atoms with van der Waals surface area (Å²) in [5.41, 5.74) is 0.462. The lowest BCUT2D eigenvalue weighted by molar-refractivity contribution is -0.129. The first kappa shape index (κ1) is 22.4. The van der Waals surface area contributed by atoms with E-state index >= 15 is 0 Å². The molecule has 4 fully saturated rings. The van der Waals surface area contributed by atoms with Gasteiger partial charge in [0.1, 0.15) is 6.07 Å². The molecule has 1 N–H and O–H groups in total. The van der Waals surface area contributed by atoms with Gasteiger partial charge in [0.25, 0.3) is 0 Å². The Balaban J connectivity index is 1.30. The molecule has 5 heteroatoms. The number of nitriles is 1. The Bertz CT molecular complexity index is 861. The summed E-state index contributed by atoms with van der Waals surface area (Å²) in [6.45, 7) is 8.11. The van der Waals surface area contributed by atoms with Crippen LogP contribution in [0, 0.1) is 52.3 Å². The van der Waals surface area contributed by atoms with Gasteiger partial charge in [0.05, 0.1) is 30.0 Å². The lowest BCUT2D eigenvalue weighted by Crippen LogP contribution is -2.52. The van der Waals surface area contributed by atoms with E-state index in [0.29, 0.717) is 42.1 Å². The Morgan fingerprint density at radius 3 is 2.75 bits per heavy atom. The molecule has 1 aromatic rings. The van der Waals surface area contributed by atoms with E-state index in [1.54, 1.807) is 6.20 Å². The van der Waals surface area contributed by atoms with Gasteiger partial charge in [0.15, 0.2) is 0 Å². The van der Waals surface area contributed by atoms with E-state index in [4.69, 9.17) is 4.74 Å². The summed E-state index contributed by atoms with van der Waals surface area (Å²) in [6, 6.07) is 2.58. The fourth-order valence-electron chi connectivity index (χ4n) is 9.02. The molecular weight excluding hydrogens is 398 g/mol. The minimum atomic E-state index is -0.590. The summed E-state index contributed by atoms with van der Waals surface area (Å²) in [4.78, 5) is 0. The largest absolute Gasteiger partial charge is 0.387 e. The zero-order valence-corrected chi connectivity index (χ0v) is 20.2. The molecule has 1 aromatic heterocycles. The van der Waals surface area contributed by atoms with Crippen LogP contribution in [0.25, 0.3) is 0 Å². The van der Waals surface area contributed by atoms with Gasteiger partial charge in [-0.1, -0.05) is 6.92 Å². The van der Waals surface area contributed by atoms with Crippen molar-refractivity contribution in [3.05, 3.63) is 18.0 Å². The number of rotatable bonds is 5. The predicted octanol–water partition coefficient (Wildman–Crippen LogP) is 5.35. The van der Waals surface area contributed by atoms with Gasteiger partial charge in [0.2, 0.25) is 0 Å². The second-order valence-corrected chi connectivity index (χ2v) is 11.8. The van der Waals surface area contributed by atoms with Gasteiger partial charge < -0.3 is 9.84 Å². The molecule has 0 saturated heterocycles. The van der Waals surface area contributed by atoms with Gasteiger partial charge in [-0.3, -0.25) is 4.68 Å². The second kappa shape index (κ2) is 8.44. The maximum absolute atomic E-state index is 11.1. The molecule has 4 aliphatic carbocycles. The molecule has 0 unspecified atom stereocenters. The van der Waals surface area contributed by atoms with Gasteiger partial charge in [-0.15, -0.1) is 0 Å². The number of nitrogens with zero attached hydrogens (tertiary/aromatic N) is 3. The minimum Gasteiger partial charge on any atom is -0.387 e. The van der Waals surface area contributed by atoms with Crippen LogP contribution in [0.1, 0.15) is 90.2 Å². The first-order chi connectivity index (χ1) is 15.4. The molecule has 0 aromatic carbocycles. The fourth-order valence-corrected chi connectivity index (χ4v) is 9.02. The molecule has 4 saturated carbocycles. The zero-order valence-electron chi connectivity index (χ0n) is 20.2. The van der Waals surface area contributed by atoms with E-state index in [0.717, 1.165) is 36.5 Å². The normalized spacial score (nSPS) is 44.2. The molecular formula is C27H41N3O2. The summed E-state index contributed by atoms with van der Waals surface area (Å²) in [7, 11) is 0. The van der Waals surface area contributed by atoms with Crippen LogP contribution in [0.5, 0.6) is 0 Å². The Morgan fingerprint density at radius 1 is 1.19 bits per heavy atom. The Kier molecular flexibility index (Phi) is 5.91. The molecule has 5 nitrogen and oxygen atoms in total. The van der Waals surface area contributed by atoms with Crippen molar-refractivity contribution < 1.29 is 9.84 Å². The standard InChI is InChI=1S/C27H41N3O2/c1-4-32-17-27(31)12-10-21-20(13-27)5-6-23-22(21)9-11-26(3)24(7-8-25(23)26)18(2)30-16-19(14-28)15-29-30/h15-16,18,20-25,31H,4-13,17H2,1-3H3/t18-,20+,21-,22+,23+,24+,25-,26+,27+/m0/s1. The molecule has 32 heavy (non-hydrogen) atoms. The van der Waals surface area contributed by atoms with Crippen LogP contribution < -0.4 is 0 Å². The second-order valence-electron chi connectivity index (χ2n) is 11.8. The van der Waals surface area contributed by atoms with Crippen molar-refractivity contribution in [1.29, 1.82) is 5.26 Å². The minimum absolute atomic E-state index is 0.350. The summed E-state index contributed by atoms with van der Waals surface area (Å²) >= 11 is 0. The number of fused-ring (bicyclic) bond motifs is 5. The van der Waals surface area contributed by atoms with E-state index in [1.807, 2.05) is 13.1 Å². The van der Waals surface area contributed by atoms with Crippen molar-refractivity contribution in [1.82, 2.24) is 9.78 Å². The number of hydrogen-bond acceptors (Lipinski definition) is 4. The van der Waals surface area contributed by atoms with Crippen LogP contribution >= 0.6 is 0 Å². The molecule has 0 bridgehead atoms. The quantitative estimate of drug-likeness (QED) is 0.671. The van der Waals surface area contributed by atoms with Crippen LogP contribution in [-0.2, 0) is 4.74 Å². The summed E-state index contributed by atoms with van der Waals surface area (Å²) in [6.07, 6.45) is 14.6. The molecule has 9 atom stereocenters. The summed E-state index contributed by atoms with van der Waals surface area (Å²) in [5.74, 6) is 4.67. The first-order valence-corrected chi connectivity index (χ1v) is 13.1. The molecule has 0 spiro atoms. The fraction of sp³-hybridized carbons (Fsp3) is 0.852. The van der Waals surface area contributed by atoms with E-state index in [-0.39, 0.29) is 0 Å². The maximum Gasteiger partial charge on any atom is 0.102 e. The third-order valence-corrected chi connectivity index (χ3v) is 10.5.